The number of aryl methyl sites for hydroxylation is 1. The number of halogens is 2. The maximum Gasteiger partial charge on any atom is 0.166 e. The van der Waals surface area contributed by atoms with Gasteiger partial charge in [0.05, 0.1) is 0 Å². The monoisotopic (exact) mass is 279 g/mol. The number of hydrogen-bond acceptors (Lipinski definition) is 2. The number of hydrogen-bond donors (Lipinski definition) is 1. The van der Waals surface area contributed by atoms with Gasteiger partial charge in [-0.1, -0.05) is 23.7 Å². The van der Waals surface area contributed by atoms with Crippen LogP contribution in [0.3, 0.4) is 0 Å². The van der Waals surface area contributed by atoms with Crippen LogP contribution in [0.25, 0.3) is 0 Å². The zero-order chi connectivity index (χ0) is 13.8. The summed E-state index contributed by atoms with van der Waals surface area (Å²) in [5.74, 6) is 0.380. The van der Waals surface area contributed by atoms with Gasteiger partial charge in [-0.25, -0.2) is 4.39 Å². The summed E-state index contributed by atoms with van der Waals surface area (Å²) in [7, 11) is 1.82. The lowest BCUT2D eigenvalue weighted by atomic mass is 10.2. The lowest BCUT2D eigenvalue weighted by molar-refractivity contribution is 0.439. The summed E-state index contributed by atoms with van der Waals surface area (Å²) in [5.41, 5.74) is 1.78. The minimum Gasteiger partial charge on any atom is -0.454 e. The molecule has 0 saturated heterocycles. The van der Waals surface area contributed by atoms with Crippen molar-refractivity contribution in [2.75, 3.05) is 7.05 Å². The molecule has 0 heterocycles. The molecular weight excluding hydrogens is 265 g/mol. The van der Waals surface area contributed by atoms with Gasteiger partial charge in [0.1, 0.15) is 5.75 Å². The summed E-state index contributed by atoms with van der Waals surface area (Å²) in [5, 5.41) is 3.53. The Hall–Kier alpha value is -1.58. The summed E-state index contributed by atoms with van der Waals surface area (Å²) in [6.45, 7) is 2.51. The first-order valence-electron chi connectivity index (χ1n) is 5.97. The van der Waals surface area contributed by atoms with Crippen molar-refractivity contribution in [3.63, 3.8) is 0 Å². The highest BCUT2D eigenvalue weighted by Gasteiger charge is 2.08. The van der Waals surface area contributed by atoms with Crippen molar-refractivity contribution in [1.29, 1.82) is 0 Å². The number of rotatable bonds is 4. The van der Waals surface area contributed by atoms with Crippen LogP contribution in [-0.2, 0) is 6.54 Å². The Kier molecular flexibility index (Phi) is 4.40. The Morgan fingerprint density at radius 3 is 2.63 bits per heavy atom. The highest BCUT2D eigenvalue weighted by Crippen LogP contribution is 2.29. The number of benzene rings is 2. The summed E-state index contributed by atoms with van der Waals surface area (Å²) in [6.07, 6.45) is 0. The van der Waals surface area contributed by atoms with Gasteiger partial charge in [0, 0.05) is 11.6 Å². The van der Waals surface area contributed by atoms with Gasteiger partial charge >= 0.3 is 0 Å². The maximum absolute atomic E-state index is 13.9. The Balaban J connectivity index is 2.25. The van der Waals surface area contributed by atoms with Gasteiger partial charge in [-0.2, -0.15) is 0 Å². The maximum atomic E-state index is 13.9. The van der Waals surface area contributed by atoms with Crippen LogP contribution in [0.5, 0.6) is 11.5 Å². The predicted octanol–water partition coefficient (Wildman–Crippen LogP) is 4.30. The van der Waals surface area contributed by atoms with E-state index in [4.69, 9.17) is 16.3 Å². The molecule has 0 aliphatic rings. The van der Waals surface area contributed by atoms with Crippen molar-refractivity contribution in [2.45, 2.75) is 13.5 Å². The van der Waals surface area contributed by atoms with E-state index < -0.39 is 0 Å². The van der Waals surface area contributed by atoms with E-state index >= 15 is 0 Å². The molecule has 0 aliphatic heterocycles. The van der Waals surface area contributed by atoms with E-state index in [9.17, 15) is 4.39 Å². The standard InChI is InChI=1S/C15H15ClFNO/c1-10-3-5-12(16)8-15(10)19-14-6-4-11(9-18-2)7-13(14)17/h3-8,18H,9H2,1-2H3. The van der Waals surface area contributed by atoms with Gasteiger partial charge in [0.15, 0.2) is 11.6 Å². The van der Waals surface area contributed by atoms with E-state index in [0.29, 0.717) is 17.3 Å². The minimum atomic E-state index is -0.382. The molecule has 0 bridgehead atoms. The Bertz CT molecular complexity index is 586. The first-order valence-corrected chi connectivity index (χ1v) is 6.35. The van der Waals surface area contributed by atoms with Crippen molar-refractivity contribution in [3.8, 4) is 11.5 Å². The van der Waals surface area contributed by atoms with Crippen molar-refractivity contribution < 1.29 is 9.13 Å². The zero-order valence-corrected chi connectivity index (χ0v) is 11.6. The fourth-order valence-electron chi connectivity index (χ4n) is 1.74. The third-order valence-electron chi connectivity index (χ3n) is 2.75. The van der Waals surface area contributed by atoms with Crippen LogP contribution in [0.1, 0.15) is 11.1 Å². The fourth-order valence-corrected chi connectivity index (χ4v) is 1.91. The highest BCUT2D eigenvalue weighted by molar-refractivity contribution is 6.30. The molecule has 0 unspecified atom stereocenters. The molecule has 1 N–H and O–H groups in total. The Morgan fingerprint density at radius 1 is 1.16 bits per heavy atom. The second-order valence-corrected chi connectivity index (χ2v) is 4.74. The van der Waals surface area contributed by atoms with Gasteiger partial charge in [-0.15, -0.1) is 0 Å². The molecule has 0 aliphatic carbocycles. The normalized spacial score (nSPS) is 10.5. The zero-order valence-electron chi connectivity index (χ0n) is 10.8. The van der Waals surface area contributed by atoms with Gasteiger partial charge < -0.3 is 10.1 Å². The first kappa shape index (κ1) is 13.8. The van der Waals surface area contributed by atoms with E-state index in [1.165, 1.54) is 6.07 Å². The van der Waals surface area contributed by atoms with Crippen LogP contribution in [-0.4, -0.2) is 7.05 Å². The molecule has 0 spiro atoms. The van der Waals surface area contributed by atoms with Gasteiger partial charge in [0.25, 0.3) is 0 Å². The van der Waals surface area contributed by atoms with E-state index in [1.54, 1.807) is 18.2 Å². The molecule has 2 aromatic rings. The molecule has 19 heavy (non-hydrogen) atoms. The average Bonchev–Trinajstić information content (AvgIpc) is 2.37. The highest BCUT2D eigenvalue weighted by atomic mass is 35.5. The molecular formula is C15H15ClFNO. The average molecular weight is 280 g/mol. The van der Waals surface area contributed by atoms with Crippen molar-refractivity contribution >= 4 is 11.6 Å². The number of ether oxygens (including phenoxy) is 1. The van der Waals surface area contributed by atoms with Crippen LogP contribution < -0.4 is 10.1 Å². The van der Waals surface area contributed by atoms with Gasteiger partial charge in [-0.05, 0) is 49.4 Å². The molecule has 0 atom stereocenters. The lowest BCUT2D eigenvalue weighted by Gasteiger charge is -2.10. The Morgan fingerprint density at radius 2 is 1.95 bits per heavy atom. The predicted molar refractivity (Wildman–Crippen MR) is 75.4 cm³/mol. The smallest absolute Gasteiger partial charge is 0.166 e. The summed E-state index contributed by atoms with van der Waals surface area (Å²) in [6, 6.07) is 10.2. The quantitative estimate of drug-likeness (QED) is 0.901. The van der Waals surface area contributed by atoms with E-state index in [2.05, 4.69) is 5.32 Å². The third-order valence-corrected chi connectivity index (χ3v) is 2.98. The van der Waals surface area contributed by atoms with Gasteiger partial charge in [0.2, 0.25) is 0 Å². The van der Waals surface area contributed by atoms with Crippen LogP contribution in [0.2, 0.25) is 5.02 Å². The fraction of sp³-hybridized carbons (Fsp3) is 0.200. The molecule has 0 aromatic heterocycles. The van der Waals surface area contributed by atoms with Crippen LogP contribution in [0.4, 0.5) is 4.39 Å². The molecule has 2 rings (SSSR count). The van der Waals surface area contributed by atoms with Crippen LogP contribution in [0.15, 0.2) is 36.4 Å². The second kappa shape index (κ2) is 6.04. The van der Waals surface area contributed by atoms with Crippen molar-refractivity contribution in [1.82, 2.24) is 5.32 Å². The van der Waals surface area contributed by atoms with Crippen molar-refractivity contribution in [3.05, 3.63) is 58.4 Å². The first-order chi connectivity index (χ1) is 9.10. The molecule has 100 valence electrons. The van der Waals surface area contributed by atoms with Gasteiger partial charge in [-0.3, -0.25) is 0 Å². The van der Waals surface area contributed by atoms with E-state index in [0.717, 1.165) is 11.1 Å². The number of nitrogens with one attached hydrogen (secondary N) is 1. The molecule has 4 heteroatoms. The largest absolute Gasteiger partial charge is 0.454 e. The third kappa shape index (κ3) is 3.46. The van der Waals surface area contributed by atoms with Crippen LogP contribution in [0, 0.1) is 12.7 Å². The minimum absolute atomic E-state index is 0.199. The molecule has 0 fully saturated rings. The topological polar surface area (TPSA) is 21.3 Å². The van der Waals surface area contributed by atoms with E-state index in [1.807, 2.05) is 26.1 Å². The molecule has 0 saturated carbocycles. The SMILES string of the molecule is CNCc1ccc(Oc2cc(Cl)ccc2C)c(F)c1. The summed E-state index contributed by atoms with van der Waals surface area (Å²) in [4.78, 5) is 0. The second-order valence-electron chi connectivity index (χ2n) is 4.31. The molecule has 0 radical (unpaired) electrons. The summed E-state index contributed by atoms with van der Waals surface area (Å²) >= 11 is 5.91. The van der Waals surface area contributed by atoms with E-state index in [-0.39, 0.29) is 11.6 Å². The molecule has 0 amide bonds. The Labute approximate surface area is 117 Å². The lowest BCUT2D eigenvalue weighted by Crippen LogP contribution is -2.05. The summed E-state index contributed by atoms with van der Waals surface area (Å²) < 4.78 is 19.5. The molecule has 2 nitrogen and oxygen atoms in total. The van der Waals surface area contributed by atoms with Crippen molar-refractivity contribution in [2.24, 2.45) is 0 Å². The van der Waals surface area contributed by atoms with Crippen LogP contribution >= 0.6 is 11.6 Å². The molecule has 2 aromatic carbocycles.